The van der Waals surface area contributed by atoms with Crippen LogP contribution in [-0.2, 0) is 23.1 Å². The normalized spacial score (nSPS) is 11.8. The fourth-order valence-electron chi connectivity index (χ4n) is 4.86. The minimum Gasteiger partial charge on any atom is -0.354 e. The highest BCUT2D eigenvalue weighted by molar-refractivity contribution is 7.90. The van der Waals surface area contributed by atoms with Crippen LogP contribution >= 0.6 is 0 Å². The van der Waals surface area contributed by atoms with Gasteiger partial charge in [0.05, 0.1) is 0 Å². The van der Waals surface area contributed by atoms with E-state index in [1.54, 1.807) is 6.92 Å². The first-order chi connectivity index (χ1) is 17.8. The molecule has 0 saturated carbocycles. The molecule has 0 atom stereocenters. The van der Waals surface area contributed by atoms with Crippen LogP contribution in [0.15, 0.2) is 66.7 Å². The molecule has 0 bridgehead atoms. The van der Waals surface area contributed by atoms with Gasteiger partial charge in [0, 0.05) is 28.8 Å². The fraction of sp³-hybridized carbons (Fsp3) is 0.333. The molecule has 0 aliphatic heterocycles. The highest BCUT2D eigenvalue weighted by atomic mass is 32.2. The molecule has 1 heterocycles. The van der Waals surface area contributed by atoms with Crippen molar-refractivity contribution in [1.29, 1.82) is 0 Å². The average Bonchev–Trinajstić information content (AvgIpc) is 3.22. The quantitative estimate of drug-likeness (QED) is 0.167. The first-order valence-corrected chi connectivity index (χ1v) is 14.6. The summed E-state index contributed by atoms with van der Waals surface area (Å²) < 4.78 is 28.6. The molecule has 0 aliphatic rings. The Morgan fingerprint density at radius 2 is 1.57 bits per heavy atom. The number of aryl methyl sites for hydroxylation is 3. The first kappa shape index (κ1) is 26.9. The van der Waals surface area contributed by atoms with Crippen LogP contribution in [0.2, 0.25) is 0 Å². The Labute approximate surface area is 221 Å². The number of anilines is 1. The monoisotopic (exact) mass is 518 g/mol. The maximum atomic E-state index is 11.8. The zero-order valence-electron chi connectivity index (χ0n) is 22.0. The van der Waals surface area contributed by atoms with Crippen LogP contribution in [-0.4, -0.2) is 33.0 Å². The molecule has 37 heavy (non-hydrogen) atoms. The van der Waals surface area contributed by atoms with Crippen LogP contribution in [0.5, 0.6) is 0 Å². The third kappa shape index (κ3) is 7.44. The summed E-state index contributed by atoms with van der Waals surface area (Å²) in [7, 11) is -3.49. The number of H-pyrrole nitrogens is 1. The summed E-state index contributed by atoms with van der Waals surface area (Å²) in [5, 5.41) is 4.93. The number of hydrogen-bond acceptors (Lipinski definition) is 3. The van der Waals surface area contributed by atoms with E-state index in [9.17, 15) is 8.42 Å². The van der Waals surface area contributed by atoms with E-state index in [0.717, 1.165) is 38.8 Å². The predicted molar refractivity (Wildman–Crippen MR) is 155 cm³/mol. The molecule has 0 radical (unpaired) electrons. The molecule has 6 nitrogen and oxygen atoms in total. The van der Waals surface area contributed by atoms with Crippen molar-refractivity contribution in [3.05, 3.63) is 89.0 Å². The molecule has 0 aliphatic carbocycles. The molecule has 0 spiro atoms. The second kappa shape index (κ2) is 12.4. The third-order valence-electron chi connectivity index (χ3n) is 6.49. The molecule has 3 aromatic carbocycles. The van der Waals surface area contributed by atoms with Crippen molar-refractivity contribution in [3.8, 4) is 11.3 Å². The van der Waals surface area contributed by atoms with E-state index in [1.807, 2.05) is 24.3 Å². The van der Waals surface area contributed by atoms with Gasteiger partial charge in [-0.25, -0.2) is 0 Å². The largest absolute Gasteiger partial charge is 0.354 e. The van der Waals surface area contributed by atoms with Crippen molar-refractivity contribution >= 4 is 26.8 Å². The molecular weight excluding hydrogens is 480 g/mol. The lowest BCUT2D eigenvalue weighted by Crippen LogP contribution is -2.29. The maximum Gasteiger partial charge on any atom is 0.299 e. The van der Waals surface area contributed by atoms with Gasteiger partial charge in [0.2, 0.25) is 0 Å². The van der Waals surface area contributed by atoms with Crippen LogP contribution in [0.4, 0.5) is 5.69 Å². The van der Waals surface area contributed by atoms with Gasteiger partial charge in [0.25, 0.3) is 10.2 Å². The summed E-state index contributed by atoms with van der Waals surface area (Å²) >= 11 is 0. The number of unbranched alkanes of at least 4 members (excludes halogenated alkanes) is 1. The van der Waals surface area contributed by atoms with E-state index in [-0.39, 0.29) is 0 Å². The number of nitrogens with one attached hydrogen (secondary N) is 4. The lowest BCUT2D eigenvalue weighted by molar-refractivity contribution is 0.589. The lowest BCUT2D eigenvalue weighted by Gasteiger charge is -2.10. The van der Waals surface area contributed by atoms with Gasteiger partial charge in [0.1, 0.15) is 0 Å². The Balaban J connectivity index is 1.26. The summed E-state index contributed by atoms with van der Waals surface area (Å²) in [4.78, 5) is 3.67. The highest BCUT2D eigenvalue weighted by Gasteiger charge is 2.13. The molecule has 7 heteroatoms. The van der Waals surface area contributed by atoms with E-state index < -0.39 is 10.2 Å². The molecule has 0 saturated heterocycles. The van der Waals surface area contributed by atoms with Crippen molar-refractivity contribution in [2.45, 2.75) is 46.5 Å². The summed E-state index contributed by atoms with van der Waals surface area (Å²) in [6.07, 6.45) is 4.11. The lowest BCUT2D eigenvalue weighted by atomic mass is 9.99. The zero-order valence-corrected chi connectivity index (χ0v) is 22.8. The number of hydrogen-bond donors (Lipinski definition) is 4. The minimum atomic E-state index is -3.49. The van der Waals surface area contributed by atoms with Gasteiger partial charge in [-0.3, -0.25) is 4.72 Å². The number of aromatic amines is 1. The summed E-state index contributed by atoms with van der Waals surface area (Å²) in [6, 6.07) is 22.9. The first-order valence-electron chi connectivity index (χ1n) is 13.1. The molecule has 196 valence electrons. The number of rotatable bonds is 13. The fourth-order valence-corrected chi connectivity index (χ4v) is 5.76. The Hall–Kier alpha value is -3.13. The van der Waals surface area contributed by atoms with E-state index in [0.29, 0.717) is 12.2 Å². The Bertz CT molecular complexity index is 1410. The van der Waals surface area contributed by atoms with Gasteiger partial charge in [0.15, 0.2) is 0 Å². The number of para-hydroxylation sites is 1. The zero-order chi connectivity index (χ0) is 26.3. The maximum absolute atomic E-state index is 11.8. The average molecular weight is 519 g/mol. The van der Waals surface area contributed by atoms with Gasteiger partial charge < -0.3 is 10.3 Å². The van der Waals surface area contributed by atoms with E-state index in [4.69, 9.17) is 0 Å². The molecule has 4 N–H and O–H groups in total. The van der Waals surface area contributed by atoms with Crippen LogP contribution in [0, 0.1) is 13.8 Å². The number of benzene rings is 3. The Morgan fingerprint density at radius 3 is 2.30 bits per heavy atom. The molecule has 4 rings (SSSR count). The topological polar surface area (TPSA) is 86.0 Å². The van der Waals surface area contributed by atoms with E-state index in [1.165, 1.54) is 44.4 Å². The smallest absolute Gasteiger partial charge is 0.299 e. The van der Waals surface area contributed by atoms with Crippen molar-refractivity contribution < 1.29 is 8.42 Å². The van der Waals surface area contributed by atoms with Gasteiger partial charge in [-0.05, 0) is 99.6 Å². The highest BCUT2D eigenvalue weighted by Crippen LogP contribution is 2.31. The van der Waals surface area contributed by atoms with Crippen molar-refractivity contribution in [2.75, 3.05) is 24.4 Å². The molecule has 0 unspecified atom stereocenters. The summed E-state index contributed by atoms with van der Waals surface area (Å²) in [5.74, 6) is 0. The predicted octanol–water partition coefficient (Wildman–Crippen LogP) is 5.87. The van der Waals surface area contributed by atoms with Gasteiger partial charge in [-0.2, -0.15) is 13.1 Å². The van der Waals surface area contributed by atoms with Crippen LogP contribution in [0.25, 0.3) is 22.2 Å². The van der Waals surface area contributed by atoms with Crippen LogP contribution < -0.4 is 14.8 Å². The van der Waals surface area contributed by atoms with Gasteiger partial charge in [-0.15, -0.1) is 0 Å². The summed E-state index contributed by atoms with van der Waals surface area (Å²) in [6.45, 7) is 8.32. The molecule has 0 amide bonds. The molecule has 4 aromatic rings. The third-order valence-corrected chi connectivity index (χ3v) is 7.66. The Morgan fingerprint density at radius 1 is 0.838 bits per heavy atom. The Kier molecular flexibility index (Phi) is 9.03. The van der Waals surface area contributed by atoms with E-state index in [2.05, 4.69) is 76.1 Å². The second-order valence-electron chi connectivity index (χ2n) is 9.66. The minimum absolute atomic E-state index is 0.358. The second-order valence-corrected chi connectivity index (χ2v) is 11.2. The number of fused-ring (bicyclic) bond motifs is 1. The molecular formula is C30H38N4O2S. The SMILES string of the molecule is CCNS(=O)(=O)Nc1ccc(CCCCNCCc2c(-c3cc(C)cc(C)c3)[nH]c3ccccc23)cc1. The van der Waals surface area contributed by atoms with Gasteiger partial charge in [-0.1, -0.05) is 54.4 Å². The van der Waals surface area contributed by atoms with Crippen molar-refractivity contribution in [1.82, 2.24) is 15.0 Å². The standard InChI is InChI=1S/C30H38N4O2S/c1-4-32-37(35,36)34-26-14-12-24(13-15-26)9-7-8-17-31-18-16-28-27-10-5-6-11-29(27)33-30(28)25-20-22(2)19-23(3)21-25/h5-6,10-15,19-21,31-34H,4,7-9,16-18H2,1-3H3. The van der Waals surface area contributed by atoms with Crippen molar-refractivity contribution in [3.63, 3.8) is 0 Å². The molecule has 1 aromatic heterocycles. The number of aromatic nitrogens is 1. The summed E-state index contributed by atoms with van der Waals surface area (Å²) in [5.41, 5.74) is 9.39. The molecule has 0 fully saturated rings. The van der Waals surface area contributed by atoms with Crippen LogP contribution in [0.3, 0.4) is 0 Å². The van der Waals surface area contributed by atoms with E-state index >= 15 is 0 Å². The van der Waals surface area contributed by atoms with Crippen molar-refractivity contribution in [2.24, 2.45) is 0 Å². The van der Waals surface area contributed by atoms with Crippen LogP contribution in [0.1, 0.15) is 42.0 Å². The van der Waals surface area contributed by atoms with Gasteiger partial charge >= 0.3 is 0 Å².